The highest BCUT2D eigenvalue weighted by Crippen LogP contribution is 2.30. The van der Waals surface area contributed by atoms with Crippen LogP contribution in [0, 0.1) is 0 Å². The van der Waals surface area contributed by atoms with Crippen LogP contribution < -0.4 is 16.4 Å². The van der Waals surface area contributed by atoms with Crippen molar-refractivity contribution in [3.8, 4) is 0 Å². The minimum absolute atomic E-state index is 0.449. The van der Waals surface area contributed by atoms with E-state index >= 15 is 0 Å². The summed E-state index contributed by atoms with van der Waals surface area (Å²) in [5, 5.41) is 7.58. The zero-order valence-electron chi connectivity index (χ0n) is 15.0. The van der Waals surface area contributed by atoms with E-state index in [2.05, 4.69) is 44.6 Å². The van der Waals surface area contributed by atoms with E-state index in [9.17, 15) is 0 Å². The molecule has 4 aromatic rings. The van der Waals surface area contributed by atoms with E-state index in [1.54, 1.807) is 6.20 Å². The number of hydrogen-bond donors (Lipinski definition) is 3. The molecule has 4 N–H and O–H groups in total. The number of benzene rings is 2. The van der Waals surface area contributed by atoms with Crippen molar-refractivity contribution >= 4 is 39.6 Å². The van der Waals surface area contributed by atoms with E-state index in [0.717, 1.165) is 28.7 Å². The van der Waals surface area contributed by atoms with Crippen molar-refractivity contribution < 1.29 is 0 Å². The third kappa shape index (κ3) is 3.50. The lowest BCUT2D eigenvalue weighted by atomic mass is 10.1. The van der Waals surface area contributed by atoms with Gasteiger partial charge in [-0.15, -0.1) is 0 Å². The van der Waals surface area contributed by atoms with Gasteiger partial charge in [0.05, 0.1) is 11.2 Å². The Kier molecular flexibility index (Phi) is 4.53. The maximum Gasteiger partial charge on any atom is 0.159 e. The van der Waals surface area contributed by atoms with E-state index < -0.39 is 0 Å². The Balaban J connectivity index is 1.63. The van der Waals surface area contributed by atoms with Gasteiger partial charge >= 0.3 is 0 Å². The number of nitrogen functional groups attached to an aromatic ring is 1. The first-order valence-corrected chi connectivity index (χ1v) is 8.82. The molecule has 0 radical (unpaired) electrons. The normalized spacial score (nSPS) is 10.7. The summed E-state index contributed by atoms with van der Waals surface area (Å²) >= 11 is 0. The highest BCUT2D eigenvalue weighted by Gasteiger charge is 2.10. The SMILES string of the molecule is CCc1ccc(Nc2ncnc(Nc3cccc4cccnc34)c2N)cc1. The molecule has 0 amide bonds. The van der Waals surface area contributed by atoms with E-state index in [1.165, 1.54) is 11.9 Å². The highest BCUT2D eigenvalue weighted by atomic mass is 15.1. The molecule has 0 bridgehead atoms. The largest absolute Gasteiger partial charge is 0.393 e. The summed E-state index contributed by atoms with van der Waals surface area (Å²) in [6, 6.07) is 18.1. The first kappa shape index (κ1) is 16.8. The zero-order valence-corrected chi connectivity index (χ0v) is 15.0. The van der Waals surface area contributed by atoms with Gasteiger partial charge in [-0.2, -0.15) is 0 Å². The van der Waals surface area contributed by atoms with Gasteiger partial charge in [0.15, 0.2) is 11.6 Å². The number of hydrogen-bond acceptors (Lipinski definition) is 6. The summed E-state index contributed by atoms with van der Waals surface area (Å²) in [6.07, 6.45) is 4.26. The fourth-order valence-corrected chi connectivity index (χ4v) is 2.89. The molecule has 2 aromatic heterocycles. The second-order valence-electron chi connectivity index (χ2n) is 6.17. The molecule has 4 rings (SSSR count). The van der Waals surface area contributed by atoms with Gasteiger partial charge in [-0.25, -0.2) is 9.97 Å². The van der Waals surface area contributed by atoms with Crippen molar-refractivity contribution in [2.24, 2.45) is 0 Å². The maximum atomic E-state index is 6.31. The number of anilines is 5. The number of para-hydroxylation sites is 1. The Morgan fingerprint density at radius 2 is 1.59 bits per heavy atom. The first-order chi connectivity index (χ1) is 13.2. The fourth-order valence-electron chi connectivity index (χ4n) is 2.89. The van der Waals surface area contributed by atoms with Gasteiger partial charge in [0.2, 0.25) is 0 Å². The van der Waals surface area contributed by atoms with Crippen LogP contribution in [-0.4, -0.2) is 15.0 Å². The fraction of sp³-hybridized carbons (Fsp3) is 0.0952. The standard InChI is InChI=1S/C21H20N6/c1-2-14-8-10-16(11-9-14)26-20-18(22)21(25-13-24-20)27-17-7-3-5-15-6-4-12-23-19(15)17/h3-13H,2,22H2,1H3,(H2,24,25,26,27). The molecule has 0 fully saturated rings. The van der Waals surface area contributed by atoms with Crippen molar-refractivity contribution in [3.63, 3.8) is 0 Å². The van der Waals surface area contributed by atoms with Gasteiger partial charge in [-0.3, -0.25) is 4.98 Å². The molecule has 2 heterocycles. The first-order valence-electron chi connectivity index (χ1n) is 8.82. The number of nitrogens with zero attached hydrogens (tertiary/aromatic N) is 3. The summed E-state index contributed by atoms with van der Waals surface area (Å²) in [7, 11) is 0. The van der Waals surface area contributed by atoms with Gasteiger partial charge in [0.25, 0.3) is 0 Å². The molecule has 134 valence electrons. The Morgan fingerprint density at radius 1 is 0.852 bits per heavy atom. The second kappa shape index (κ2) is 7.29. The minimum atomic E-state index is 0.449. The van der Waals surface area contributed by atoms with E-state index in [0.29, 0.717) is 17.3 Å². The molecule has 27 heavy (non-hydrogen) atoms. The molecule has 6 heteroatoms. The predicted molar refractivity (Wildman–Crippen MR) is 111 cm³/mol. The summed E-state index contributed by atoms with van der Waals surface area (Å²) in [5.74, 6) is 1.10. The van der Waals surface area contributed by atoms with Gasteiger partial charge < -0.3 is 16.4 Å². The van der Waals surface area contributed by atoms with Gasteiger partial charge in [-0.05, 0) is 36.2 Å². The average Bonchev–Trinajstić information content (AvgIpc) is 2.72. The highest BCUT2D eigenvalue weighted by molar-refractivity contribution is 5.93. The Bertz CT molecular complexity index is 1070. The number of nitrogens with one attached hydrogen (secondary N) is 2. The molecule has 0 saturated heterocycles. The van der Waals surface area contributed by atoms with Crippen LogP contribution in [-0.2, 0) is 6.42 Å². The van der Waals surface area contributed by atoms with Crippen molar-refractivity contribution in [2.45, 2.75) is 13.3 Å². The van der Waals surface area contributed by atoms with E-state index in [4.69, 9.17) is 5.73 Å². The third-order valence-corrected chi connectivity index (χ3v) is 4.39. The summed E-state index contributed by atoms with van der Waals surface area (Å²) in [5.41, 5.74) is 10.7. The molecule has 0 spiro atoms. The third-order valence-electron chi connectivity index (χ3n) is 4.39. The number of rotatable bonds is 5. The van der Waals surface area contributed by atoms with Crippen LogP contribution in [0.5, 0.6) is 0 Å². The van der Waals surface area contributed by atoms with Crippen molar-refractivity contribution in [3.05, 3.63) is 72.7 Å². The number of pyridine rings is 1. The molecule has 0 aliphatic rings. The van der Waals surface area contributed by atoms with Crippen LogP contribution in [0.2, 0.25) is 0 Å². The predicted octanol–water partition coefficient (Wildman–Crippen LogP) is 4.66. The summed E-state index contributed by atoms with van der Waals surface area (Å²) < 4.78 is 0. The average molecular weight is 356 g/mol. The van der Waals surface area contributed by atoms with Crippen molar-refractivity contribution in [1.29, 1.82) is 0 Å². The van der Waals surface area contributed by atoms with Crippen molar-refractivity contribution in [1.82, 2.24) is 15.0 Å². The maximum absolute atomic E-state index is 6.31. The molecule has 0 aliphatic carbocycles. The quantitative estimate of drug-likeness (QED) is 0.482. The van der Waals surface area contributed by atoms with Crippen LogP contribution >= 0.6 is 0 Å². The van der Waals surface area contributed by atoms with Crippen LogP contribution in [0.25, 0.3) is 10.9 Å². The second-order valence-corrected chi connectivity index (χ2v) is 6.17. The number of nitrogens with two attached hydrogens (primary N) is 1. The lowest BCUT2D eigenvalue weighted by molar-refractivity contribution is 1.14. The Labute approximate surface area is 157 Å². The Morgan fingerprint density at radius 3 is 2.37 bits per heavy atom. The lowest BCUT2D eigenvalue weighted by Gasteiger charge is -2.13. The monoisotopic (exact) mass is 356 g/mol. The van der Waals surface area contributed by atoms with Gasteiger partial charge in [0.1, 0.15) is 12.0 Å². The van der Waals surface area contributed by atoms with E-state index in [1.807, 2.05) is 42.5 Å². The van der Waals surface area contributed by atoms with Crippen LogP contribution in [0.4, 0.5) is 28.7 Å². The Hall–Kier alpha value is -3.67. The van der Waals surface area contributed by atoms with Gasteiger partial charge in [-0.1, -0.05) is 37.3 Å². The number of aromatic nitrogens is 3. The van der Waals surface area contributed by atoms with Gasteiger partial charge in [0, 0.05) is 17.3 Å². The molecular weight excluding hydrogens is 336 g/mol. The van der Waals surface area contributed by atoms with Crippen LogP contribution in [0.3, 0.4) is 0 Å². The molecule has 0 aliphatic heterocycles. The van der Waals surface area contributed by atoms with Crippen molar-refractivity contribution in [2.75, 3.05) is 16.4 Å². The smallest absolute Gasteiger partial charge is 0.159 e. The molecule has 0 atom stereocenters. The van der Waals surface area contributed by atoms with Crippen LogP contribution in [0.1, 0.15) is 12.5 Å². The topological polar surface area (TPSA) is 88.8 Å². The zero-order chi connectivity index (χ0) is 18.6. The molecular formula is C21H20N6. The minimum Gasteiger partial charge on any atom is -0.393 e. The van der Waals surface area contributed by atoms with Crippen LogP contribution in [0.15, 0.2) is 67.1 Å². The molecule has 0 unspecified atom stereocenters. The molecule has 2 aromatic carbocycles. The summed E-state index contributed by atoms with van der Waals surface area (Å²) in [6.45, 7) is 2.13. The number of aryl methyl sites for hydroxylation is 1. The lowest BCUT2D eigenvalue weighted by Crippen LogP contribution is -2.05. The molecule has 0 saturated carbocycles. The van der Waals surface area contributed by atoms with E-state index in [-0.39, 0.29) is 0 Å². The summed E-state index contributed by atoms with van der Waals surface area (Å²) in [4.78, 5) is 13.0. The molecule has 6 nitrogen and oxygen atoms in total. The number of fused-ring (bicyclic) bond motifs is 1.